The van der Waals surface area contributed by atoms with Gasteiger partial charge in [-0.1, -0.05) is 42.3 Å². The lowest BCUT2D eigenvalue weighted by atomic mass is 10.0. The number of ketones is 1. The molecule has 0 N–H and O–H groups in total. The van der Waals surface area contributed by atoms with E-state index < -0.39 is 17.8 Å². The number of aryl methyl sites for hydroxylation is 2. The summed E-state index contributed by atoms with van der Waals surface area (Å²) in [7, 11) is 0. The first-order valence-electron chi connectivity index (χ1n) is 10.4. The van der Waals surface area contributed by atoms with Crippen LogP contribution in [0.2, 0.25) is 0 Å². The third-order valence-electron chi connectivity index (χ3n) is 4.81. The number of hydroxylamine groups is 2. The minimum atomic E-state index is -1.07. The molecule has 1 fully saturated rings. The van der Waals surface area contributed by atoms with Gasteiger partial charge in [-0.2, -0.15) is 9.58 Å². The molecule has 2 amide bonds. The van der Waals surface area contributed by atoms with E-state index in [0.717, 1.165) is 11.1 Å². The molecule has 10 heteroatoms. The minimum Gasteiger partial charge on any atom is -0.361 e. The third kappa shape index (κ3) is 6.49. The lowest BCUT2D eigenvalue weighted by molar-refractivity contribution is -0.194. The van der Waals surface area contributed by atoms with Gasteiger partial charge < -0.3 is 15.9 Å². The van der Waals surface area contributed by atoms with E-state index in [4.69, 9.17) is 11.1 Å². The maximum Gasteiger partial charge on any atom is 0.446 e. The van der Waals surface area contributed by atoms with Crippen molar-refractivity contribution in [1.82, 2.24) is 5.06 Å². The zero-order valence-corrected chi connectivity index (χ0v) is 19.0. The number of hydrogen-bond donors (Lipinski definition) is 0. The van der Waals surface area contributed by atoms with Crippen LogP contribution in [0.3, 0.4) is 0 Å². The van der Waals surface area contributed by atoms with E-state index in [0.29, 0.717) is 22.6 Å². The summed E-state index contributed by atoms with van der Waals surface area (Å²) in [5.41, 5.74) is 20.4. The maximum atomic E-state index is 11.8. The first-order valence-corrected chi connectivity index (χ1v) is 10.4. The summed E-state index contributed by atoms with van der Waals surface area (Å²) in [5.74, 6) is -2.41. The minimum absolute atomic E-state index is 0.00223. The highest BCUT2D eigenvalue weighted by Gasteiger charge is 2.36. The average Bonchev–Trinajstić information content (AvgIpc) is 3.14. The van der Waals surface area contributed by atoms with Crippen molar-refractivity contribution in [2.45, 2.75) is 40.0 Å². The molecule has 0 saturated carbocycles. The van der Waals surface area contributed by atoms with Crippen molar-refractivity contribution >= 4 is 35.0 Å². The molecule has 34 heavy (non-hydrogen) atoms. The number of carbonyl (C=O) groups is 4. The Morgan fingerprint density at radius 2 is 1.24 bits per heavy atom. The number of hydrogen-bond acceptors (Lipinski definition) is 5. The number of Topliss-reactive ketones (excluding diaryl/α,β-unsaturated/α-hetero) is 1. The predicted octanol–water partition coefficient (Wildman–Crippen LogP) is 2.61. The van der Waals surface area contributed by atoms with Crippen LogP contribution in [0.25, 0.3) is 11.1 Å². The van der Waals surface area contributed by atoms with Crippen molar-refractivity contribution in [3.05, 3.63) is 81.8 Å². The van der Waals surface area contributed by atoms with E-state index in [9.17, 15) is 19.2 Å². The molecule has 0 unspecified atom stereocenters. The predicted molar refractivity (Wildman–Crippen MR) is 120 cm³/mol. The van der Waals surface area contributed by atoms with Crippen molar-refractivity contribution in [2.24, 2.45) is 0 Å². The molecular formula is C24H23N5O5. The van der Waals surface area contributed by atoms with Gasteiger partial charge in [-0.3, -0.25) is 14.4 Å². The smallest absolute Gasteiger partial charge is 0.361 e. The van der Waals surface area contributed by atoms with Crippen LogP contribution in [0.4, 0.5) is 0 Å². The number of amides is 2. The van der Waals surface area contributed by atoms with Crippen LogP contribution in [-0.4, -0.2) is 49.6 Å². The molecule has 174 valence electrons. The molecule has 1 aliphatic rings. The zero-order valence-electron chi connectivity index (χ0n) is 19.0. The molecule has 1 heterocycles. The van der Waals surface area contributed by atoms with Gasteiger partial charge in [0.15, 0.2) is 0 Å². The Morgan fingerprint density at radius 3 is 1.62 bits per heavy atom. The van der Waals surface area contributed by atoms with E-state index in [1.165, 1.54) is 0 Å². The van der Waals surface area contributed by atoms with Crippen LogP contribution in [0, 0.1) is 13.8 Å². The van der Waals surface area contributed by atoms with E-state index in [2.05, 4.69) is 14.4 Å². The molecule has 0 atom stereocenters. The lowest BCUT2D eigenvalue weighted by Gasteiger charge is -2.10. The van der Waals surface area contributed by atoms with Gasteiger partial charge in [0.05, 0.1) is 11.1 Å². The van der Waals surface area contributed by atoms with Crippen LogP contribution >= 0.6 is 0 Å². The Balaban J connectivity index is 0.000000257. The highest BCUT2D eigenvalue weighted by atomic mass is 16.7. The topological polar surface area (TPSA) is 154 Å². The SMILES string of the molecule is CCC(=O)C(=[N+]=[N-])c1ccc(C)cc1.Cc1ccc(C(=[N+]=[N-])C(=O)ON2C(=O)CCC2=O)cc1. The van der Waals surface area contributed by atoms with Crippen molar-refractivity contribution in [3.63, 3.8) is 0 Å². The molecule has 0 aliphatic carbocycles. The first-order chi connectivity index (χ1) is 16.2. The second-order valence-electron chi connectivity index (χ2n) is 7.37. The summed E-state index contributed by atoms with van der Waals surface area (Å²) < 4.78 is 0. The van der Waals surface area contributed by atoms with Gasteiger partial charge in [-0.25, -0.2) is 4.79 Å². The molecule has 0 spiro atoms. The number of carbonyl (C=O) groups excluding carboxylic acids is 4. The van der Waals surface area contributed by atoms with Gasteiger partial charge in [-0.15, -0.1) is 5.06 Å². The van der Waals surface area contributed by atoms with Gasteiger partial charge in [-0.05, 0) is 38.1 Å². The first kappa shape index (κ1) is 25.7. The Kier molecular flexibility index (Phi) is 9.02. The zero-order chi connectivity index (χ0) is 25.3. The summed E-state index contributed by atoms with van der Waals surface area (Å²) in [5, 5.41) is 0.404. The number of rotatable bonds is 6. The summed E-state index contributed by atoms with van der Waals surface area (Å²) >= 11 is 0. The van der Waals surface area contributed by atoms with Crippen LogP contribution in [0.15, 0.2) is 48.5 Å². The van der Waals surface area contributed by atoms with Crippen LogP contribution in [0.1, 0.15) is 48.4 Å². The molecule has 0 radical (unpaired) electrons. The molecule has 0 aromatic heterocycles. The molecule has 2 aromatic rings. The molecule has 2 aromatic carbocycles. The van der Waals surface area contributed by atoms with Crippen molar-refractivity contribution in [2.75, 3.05) is 0 Å². The summed E-state index contributed by atoms with van der Waals surface area (Å²) in [6.07, 6.45) is 0.345. The van der Waals surface area contributed by atoms with Crippen molar-refractivity contribution in [3.8, 4) is 0 Å². The lowest BCUT2D eigenvalue weighted by Crippen LogP contribution is -2.35. The Bertz CT molecular complexity index is 1190. The van der Waals surface area contributed by atoms with Gasteiger partial charge in [0.1, 0.15) is 0 Å². The Morgan fingerprint density at radius 1 is 0.824 bits per heavy atom. The van der Waals surface area contributed by atoms with E-state index in [-0.39, 0.29) is 30.0 Å². The van der Waals surface area contributed by atoms with Crippen LogP contribution < -0.4 is 0 Å². The van der Waals surface area contributed by atoms with Gasteiger partial charge >= 0.3 is 17.4 Å². The van der Waals surface area contributed by atoms with Crippen LogP contribution in [-0.2, 0) is 24.0 Å². The molecule has 3 rings (SSSR count). The van der Waals surface area contributed by atoms with Crippen LogP contribution in [0.5, 0.6) is 0 Å². The largest absolute Gasteiger partial charge is 0.446 e. The number of nitrogens with zero attached hydrogens (tertiary/aromatic N) is 5. The summed E-state index contributed by atoms with van der Waals surface area (Å²) in [4.78, 5) is 56.4. The second kappa shape index (κ2) is 11.9. The summed E-state index contributed by atoms with van der Waals surface area (Å²) in [6, 6.07) is 13.9. The van der Waals surface area contributed by atoms with Gasteiger partial charge in [0.2, 0.25) is 5.78 Å². The fraction of sp³-hybridized carbons (Fsp3) is 0.250. The van der Waals surface area contributed by atoms with Crippen molar-refractivity contribution < 1.29 is 33.6 Å². The second-order valence-corrected chi connectivity index (χ2v) is 7.37. The molecular weight excluding hydrogens is 438 g/mol. The molecule has 1 aliphatic heterocycles. The maximum absolute atomic E-state index is 11.8. The van der Waals surface area contributed by atoms with Gasteiger partial charge in [0.25, 0.3) is 11.8 Å². The third-order valence-corrected chi connectivity index (χ3v) is 4.81. The fourth-order valence-electron chi connectivity index (χ4n) is 2.87. The highest BCUT2D eigenvalue weighted by Crippen LogP contribution is 2.13. The quantitative estimate of drug-likeness (QED) is 0.280. The van der Waals surface area contributed by atoms with E-state index >= 15 is 0 Å². The average molecular weight is 461 g/mol. The monoisotopic (exact) mass is 461 g/mol. The summed E-state index contributed by atoms with van der Waals surface area (Å²) in [6.45, 7) is 5.56. The van der Waals surface area contributed by atoms with Gasteiger partial charge in [0, 0.05) is 19.3 Å². The molecule has 0 bridgehead atoms. The number of benzene rings is 2. The molecule has 1 saturated heterocycles. The van der Waals surface area contributed by atoms with E-state index in [1.807, 2.05) is 26.0 Å². The Labute approximate surface area is 196 Å². The standard InChI is InChI=1S/C13H11N3O4.C11H12N2O/c1-8-2-4-9(5-3-8)12(15-14)13(19)20-16-10(17)6-7-11(16)18;1-3-10(14)11(13-12)9-6-4-8(2)5-7-9/h2-5H,6-7H2,1H3;4-7H,3H2,1-2H3. The Hall–Kier alpha value is -4.52. The fourth-order valence-corrected chi connectivity index (χ4v) is 2.87. The van der Waals surface area contributed by atoms with Crippen molar-refractivity contribution in [1.29, 1.82) is 0 Å². The highest BCUT2D eigenvalue weighted by molar-refractivity contribution is 6.43. The number of imide groups is 1. The van der Waals surface area contributed by atoms with E-state index in [1.54, 1.807) is 43.3 Å². The normalized spacial score (nSPS) is 12.1. The molecule has 10 nitrogen and oxygen atoms in total.